The van der Waals surface area contributed by atoms with Gasteiger partial charge in [-0.15, -0.1) is 0 Å². The van der Waals surface area contributed by atoms with Crippen LogP contribution in [0.2, 0.25) is 5.02 Å². The fourth-order valence-corrected chi connectivity index (χ4v) is 4.26. The van der Waals surface area contributed by atoms with Crippen molar-refractivity contribution in [3.8, 4) is 0 Å². The lowest BCUT2D eigenvalue weighted by Crippen LogP contribution is -2.42. The van der Waals surface area contributed by atoms with E-state index in [0.29, 0.717) is 31.0 Å². The molecule has 21 heavy (non-hydrogen) atoms. The third-order valence-electron chi connectivity index (χ3n) is 3.68. The van der Waals surface area contributed by atoms with E-state index in [-0.39, 0.29) is 16.7 Å². The first-order valence-electron chi connectivity index (χ1n) is 6.79. The zero-order valence-corrected chi connectivity index (χ0v) is 13.7. The first-order valence-corrected chi connectivity index (χ1v) is 8.61. The van der Waals surface area contributed by atoms with Gasteiger partial charge in [-0.2, -0.15) is 4.31 Å². The van der Waals surface area contributed by atoms with Gasteiger partial charge in [0, 0.05) is 38.1 Å². The topological polar surface area (TPSA) is 57.7 Å². The van der Waals surface area contributed by atoms with Gasteiger partial charge in [0.25, 0.3) is 0 Å². The Balaban J connectivity index is 2.10. The summed E-state index contributed by atoms with van der Waals surface area (Å²) in [7, 11) is -0.0906. The van der Waals surface area contributed by atoms with Gasteiger partial charge in [0.2, 0.25) is 15.9 Å². The van der Waals surface area contributed by atoms with Gasteiger partial charge in [-0.3, -0.25) is 4.79 Å². The van der Waals surface area contributed by atoms with Crippen molar-refractivity contribution in [2.45, 2.75) is 17.7 Å². The van der Waals surface area contributed by atoms with Crippen LogP contribution in [0.1, 0.15) is 12.8 Å². The van der Waals surface area contributed by atoms with Crippen molar-refractivity contribution < 1.29 is 13.2 Å². The molecule has 1 aliphatic heterocycles. The van der Waals surface area contributed by atoms with E-state index in [9.17, 15) is 13.2 Å². The molecule has 0 bridgehead atoms. The minimum atomic E-state index is -3.53. The van der Waals surface area contributed by atoms with E-state index in [2.05, 4.69) is 0 Å². The number of carbonyl (C=O) groups is 1. The molecule has 0 aliphatic carbocycles. The highest BCUT2D eigenvalue weighted by atomic mass is 35.5. The maximum Gasteiger partial charge on any atom is 0.243 e. The molecule has 0 aromatic heterocycles. The average molecular weight is 331 g/mol. The quantitative estimate of drug-likeness (QED) is 0.849. The number of nitrogens with zero attached hydrogens (tertiary/aromatic N) is 2. The first-order chi connectivity index (χ1) is 9.82. The molecule has 1 aromatic rings. The Morgan fingerprint density at radius 1 is 1.29 bits per heavy atom. The number of halogens is 1. The van der Waals surface area contributed by atoms with Crippen molar-refractivity contribution in [1.29, 1.82) is 0 Å². The lowest BCUT2D eigenvalue weighted by molar-refractivity contribution is -0.134. The number of benzene rings is 1. The monoisotopic (exact) mass is 330 g/mol. The van der Waals surface area contributed by atoms with Crippen LogP contribution in [0.4, 0.5) is 0 Å². The Bertz CT molecular complexity index is 623. The number of sulfonamides is 1. The van der Waals surface area contributed by atoms with E-state index >= 15 is 0 Å². The van der Waals surface area contributed by atoms with Crippen LogP contribution in [0.15, 0.2) is 29.2 Å². The highest BCUT2D eigenvalue weighted by Crippen LogP contribution is 2.25. The fourth-order valence-electron chi connectivity index (χ4n) is 2.48. The number of rotatable bonds is 3. The van der Waals surface area contributed by atoms with Crippen LogP contribution in [0.5, 0.6) is 0 Å². The minimum absolute atomic E-state index is 0.0646. The van der Waals surface area contributed by atoms with Gasteiger partial charge in [-0.05, 0) is 31.0 Å². The lowest BCUT2D eigenvalue weighted by atomic mass is 9.97. The highest BCUT2D eigenvalue weighted by molar-refractivity contribution is 7.89. The third kappa shape index (κ3) is 3.56. The molecule has 0 saturated carbocycles. The van der Waals surface area contributed by atoms with E-state index in [1.54, 1.807) is 31.1 Å². The van der Waals surface area contributed by atoms with Gasteiger partial charge in [0.15, 0.2) is 0 Å². The minimum Gasteiger partial charge on any atom is -0.349 e. The van der Waals surface area contributed by atoms with Crippen LogP contribution >= 0.6 is 11.6 Å². The lowest BCUT2D eigenvalue weighted by Gasteiger charge is -2.31. The number of amides is 1. The number of hydrogen-bond acceptors (Lipinski definition) is 3. The summed E-state index contributed by atoms with van der Waals surface area (Å²) in [5, 5.41) is 0.397. The molecule has 0 N–H and O–H groups in total. The third-order valence-corrected chi connectivity index (χ3v) is 5.81. The highest BCUT2D eigenvalue weighted by Gasteiger charge is 2.32. The molecule has 7 heteroatoms. The Hall–Kier alpha value is -1.11. The van der Waals surface area contributed by atoms with Crippen LogP contribution < -0.4 is 0 Å². The van der Waals surface area contributed by atoms with Crippen LogP contribution in [0.25, 0.3) is 0 Å². The Morgan fingerprint density at radius 3 is 2.43 bits per heavy atom. The predicted molar refractivity (Wildman–Crippen MR) is 81.6 cm³/mol. The number of carbonyl (C=O) groups excluding carboxylic acids is 1. The molecule has 5 nitrogen and oxygen atoms in total. The first kappa shape index (κ1) is 16.3. The summed E-state index contributed by atoms with van der Waals surface area (Å²) in [6.45, 7) is 0.720. The molecule has 1 heterocycles. The molecule has 0 atom stereocenters. The second kappa shape index (κ2) is 6.34. The molecule has 2 rings (SSSR count). The molecule has 1 fully saturated rings. The summed E-state index contributed by atoms with van der Waals surface area (Å²) in [6, 6.07) is 6.26. The molecule has 0 spiro atoms. The number of piperidine rings is 1. The van der Waals surface area contributed by atoms with Crippen LogP contribution in [-0.2, 0) is 14.8 Å². The molecule has 1 aliphatic rings. The summed E-state index contributed by atoms with van der Waals surface area (Å²) in [5.74, 6) is -0.0272. The fraction of sp³-hybridized carbons (Fsp3) is 0.500. The molecule has 1 saturated heterocycles. The Kier molecular flexibility index (Phi) is 4.91. The van der Waals surface area contributed by atoms with Crippen molar-refractivity contribution in [3.63, 3.8) is 0 Å². The van der Waals surface area contributed by atoms with Crippen molar-refractivity contribution >= 4 is 27.5 Å². The maximum atomic E-state index is 12.5. The Morgan fingerprint density at radius 2 is 1.90 bits per heavy atom. The van der Waals surface area contributed by atoms with E-state index < -0.39 is 10.0 Å². The van der Waals surface area contributed by atoms with Crippen molar-refractivity contribution in [2.75, 3.05) is 27.2 Å². The standard InChI is InChI=1S/C14H19ClN2O3S/c1-16(2)14(18)11-6-8-17(9-7-11)21(19,20)13-5-3-4-12(15)10-13/h3-5,10-11H,6-9H2,1-2H3. The van der Waals surface area contributed by atoms with Crippen LogP contribution in [0.3, 0.4) is 0 Å². The van der Waals surface area contributed by atoms with E-state index in [0.717, 1.165) is 0 Å². The summed E-state index contributed by atoms with van der Waals surface area (Å²) < 4.78 is 26.5. The van der Waals surface area contributed by atoms with E-state index in [1.165, 1.54) is 16.4 Å². The van der Waals surface area contributed by atoms with Crippen molar-refractivity contribution in [2.24, 2.45) is 5.92 Å². The normalized spacial score (nSPS) is 17.7. The van der Waals surface area contributed by atoms with Gasteiger partial charge >= 0.3 is 0 Å². The molecule has 0 unspecified atom stereocenters. The summed E-state index contributed by atoms with van der Waals surface area (Å²) >= 11 is 5.86. The molecule has 1 amide bonds. The van der Waals surface area contributed by atoms with Gasteiger partial charge in [-0.25, -0.2) is 8.42 Å². The van der Waals surface area contributed by atoms with E-state index in [4.69, 9.17) is 11.6 Å². The van der Waals surface area contributed by atoms with E-state index in [1.807, 2.05) is 0 Å². The summed E-state index contributed by atoms with van der Waals surface area (Å²) in [6.07, 6.45) is 1.10. The van der Waals surface area contributed by atoms with Crippen molar-refractivity contribution in [3.05, 3.63) is 29.3 Å². The Labute approximate surface area is 130 Å². The van der Waals surface area contributed by atoms with Gasteiger partial charge < -0.3 is 4.90 Å². The maximum absolute atomic E-state index is 12.5. The van der Waals surface area contributed by atoms with Gasteiger partial charge in [-0.1, -0.05) is 17.7 Å². The largest absolute Gasteiger partial charge is 0.349 e. The molecular formula is C14H19ClN2O3S. The second-order valence-corrected chi connectivity index (χ2v) is 7.74. The summed E-state index contributed by atoms with van der Waals surface area (Å²) in [5.41, 5.74) is 0. The molecular weight excluding hydrogens is 312 g/mol. The average Bonchev–Trinajstić information content (AvgIpc) is 2.46. The van der Waals surface area contributed by atoms with Crippen molar-refractivity contribution in [1.82, 2.24) is 9.21 Å². The molecule has 0 radical (unpaired) electrons. The van der Waals surface area contributed by atoms with Crippen LogP contribution in [-0.4, -0.2) is 50.7 Å². The van der Waals surface area contributed by atoms with Crippen LogP contribution in [0, 0.1) is 5.92 Å². The predicted octanol–water partition coefficient (Wildman–Crippen LogP) is 1.83. The molecule has 116 valence electrons. The zero-order valence-electron chi connectivity index (χ0n) is 12.1. The SMILES string of the molecule is CN(C)C(=O)C1CCN(S(=O)(=O)c2cccc(Cl)c2)CC1. The second-order valence-electron chi connectivity index (χ2n) is 5.37. The summed E-state index contributed by atoms with van der Waals surface area (Å²) in [4.78, 5) is 13.7. The zero-order chi connectivity index (χ0) is 15.6. The van der Waals surface area contributed by atoms with Gasteiger partial charge in [0.1, 0.15) is 0 Å². The number of hydrogen-bond donors (Lipinski definition) is 0. The molecule has 1 aromatic carbocycles. The smallest absolute Gasteiger partial charge is 0.243 e. The van der Waals surface area contributed by atoms with Gasteiger partial charge in [0.05, 0.1) is 4.90 Å².